The van der Waals surface area contributed by atoms with Gasteiger partial charge in [-0.3, -0.25) is 9.59 Å². The zero-order valence-electron chi connectivity index (χ0n) is 15.9. The second-order valence-electron chi connectivity index (χ2n) is 7.48. The van der Waals surface area contributed by atoms with Gasteiger partial charge >= 0.3 is 0 Å². The summed E-state index contributed by atoms with van der Waals surface area (Å²) in [6.07, 6.45) is 5.07. The minimum atomic E-state index is 0.0389. The molecule has 5 heteroatoms. The van der Waals surface area contributed by atoms with Crippen LogP contribution < -0.4 is 0 Å². The van der Waals surface area contributed by atoms with Crippen molar-refractivity contribution in [3.63, 3.8) is 0 Å². The van der Waals surface area contributed by atoms with E-state index in [0.717, 1.165) is 44.6 Å². The quantitative estimate of drug-likeness (QED) is 0.779. The van der Waals surface area contributed by atoms with Gasteiger partial charge < -0.3 is 14.7 Å². The molecule has 0 N–H and O–H groups in total. The van der Waals surface area contributed by atoms with Gasteiger partial charge in [-0.05, 0) is 38.5 Å². The van der Waals surface area contributed by atoms with Gasteiger partial charge in [-0.25, -0.2) is 0 Å². The van der Waals surface area contributed by atoms with Crippen LogP contribution in [0.4, 0.5) is 0 Å². The van der Waals surface area contributed by atoms with Crippen LogP contribution in [-0.2, 0) is 9.59 Å². The topological polar surface area (TPSA) is 43.9 Å². The van der Waals surface area contributed by atoms with Gasteiger partial charge in [0.25, 0.3) is 0 Å². The van der Waals surface area contributed by atoms with Crippen LogP contribution >= 0.6 is 0 Å². The summed E-state index contributed by atoms with van der Waals surface area (Å²) in [6, 6.07) is 8.10. The van der Waals surface area contributed by atoms with Crippen LogP contribution in [0.2, 0.25) is 0 Å². The number of aryl methyl sites for hydroxylation is 1. The number of benzene rings is 1. The first-order chi connectivity index (χ1) is 12.5. The highest BCUT2D eigenvalue weighted by molar-refractivity contribution is 5.92. The van der Waals surface area contributed by atoms with E-state index < -0.39 is 0 Å². The van der Waals surface area contributed by atoms with Crippen LogP contribution in [0.1, 0.15) is 24.0 Å². The number of nitrogens with zero attached hydrogens (tertiary/aromatic N) is 3. The predicted molar refractivity (Wildman–Crippen MR) is 104 cm³/mol. The lowest BCUT2D eigenvalue weighted by Gasteiger charge is -2.37. The molecular weight excluding hydrogens is 326 g/mol. The van der Waals surface area contributed by atoms with Gasteiger partial charge in [-0.15, -0.1) is 0 Å². The van der Waals surface area contributed by atoms with Crippen molar-refractivity contribution in [2.24, 2.45) is 5.92 Å². The molecule has 140 valence electrons. The molecule has 0 atom stereocenters. The molecule has 2 heterocycles. The number of hydrogen-bond donors (Lipinski definition) is 0. The summed E-state index contributed by atoms with van der Waals surface area (Å²) in [5.74, 6) is 0.390. The van der Waals surface area contributed by atoms with E-state index in [0.29, 0.717) is 13.1 Å². The average Bonchev–Trinajstić information content (AvgIpc) is 2.66. The third-order valence-electron chi connectivity index (χ3n) is 5.43. The second kappa shape index (κ2) is 8.49. The molecule has 5 nitrogen and oxygen atoms in total. The first-order valence-electron chi connectivity index (χ1n) is 9.54. The Morgan fingerprint density at radius 2 is 1.69 bits per heavy atom. The highest BCUT2D eigenvalue weighted by Gasteiger charge is 2.30. The molecule has 2 saturated heterocycles. The number of carbonyl (C=O) groups excluding carboxylic acids is 2. The lowest BCUT2D eigenvalue weighted by atomic mass is 9.95. The predicted octanol–water partition coefficient (Wildman–Crippen LogP) is 2.02. The molecule has 0 aliphatic carbocycles. The molecule has 2 aliphatic rings. The summed E-state index contributed by atoms with van der Waals surface area (Å²) in [7, 11) is 2.09. The molecule has 0 spiro atoms. The van der Waals surface area contributed by atoms with Crippen LogP contribution in [0.5, 0.6) is 0 Å². The zero-order valence-corrected chi connectivity index (χ0v) is 15.9. The summed E-state index contributed by atoms with van der Waals surface area (Å²) in [4.78, 5) is 31.2. The molecule has 1 aromatic carbocycles. The number of amides is 2. The SMILES string of the molecule is Cc1cccc(/C=C/C(=O)N2CCC(C(=O)N3CCN(C)CC3)CC2)c1. The Hall–Kier alpha value is -2.14. The van der Waals surface area contributed by atoms with Gasteiger partial charge in [-0.2, -0.15) is 0 Å². The molecule has 0 radical (unpaired) electrons. The highest BCUT2D eigenvalue weighted by atomic mass is 16.2. The van der Waals surface area contributed by atoms with E-state index >= 15 is 0 Å². The highest BCUT2D eigenvalue weighted by Crippen LogP contribution is 2.21. The Balaban J connectivity index is 1.48. The molecule has 0 saturated carbocycles. The maximum Gasteiger partial charge on any atom is 0.246 e. The van der Waals surface area contributed by atoms with E-state index in [-0.39, 0.29) is 17.7 Å². The molecule has 0 aromatic heterocycles. The van der Waals surface area contributed by atoms with Gasteiger partial charge in [0, 0.05) is 51.3 Å². The van der Waals surface area contributed by atoms with Crippen LogP contribution in [-0.4, -0.2) is 72.8 Å². The van der Waals surface area contributed by atoms with E-state index in [1.165, 1.54) is 5.56 Å². The van der Waals surface area contributed by atoms with Gasteiger partial charge in [-0.1, -0.05) is 29.8 Å². The van der Waals surface area contributed by atoms with Gasteiger partial charge in [0.15, 0.2) is 0 Å². The monoisotopic (exact) mass is 355 g/mol. The maximum absolute atomic E-state index is 12.7. The smallest absolute Gasteiger partial charge is 0.246 e. The lowest BCUT2D eigenvalue weighted by Crippen LogP contribution is -2.50. The minimum Gasteiger partial charge on any atom is -0.340 e. The van der Waals surface area contributed by atoms with Crippen molar-refractivity contribution in [3.05, 3.63) is 41.5 Å². The van der Waals surface area contributed by atoms with Crippen molar-refractivity contribution in [1.82, 2.24) is 14.7 Å². The summed E-state index contributed by atoms with van der Waals surface area (Å²) in [5.41, 5.74) is 2.22. The summed E-state index contributed by atoms with van der Waals surface area (Å²) in [6.45, 7) is 6.94. The normalized spacial score (nSPS) is 19.9. The number of piperidine rings is 1. The molecule has 26 heavy (non-hydrogen) atoms. The van der Waals surface area contributed by atoms with Crippen molar-refractivity contribution in [3.8, 4) is 0 Å². The third kappa shape index (κ3) is 4.73. The largest absolute Gasteiger partial charge is 0.340 e. The van der Waals surface area contributed by atoms with Crippen molar-refractivity contribution in [2.45, 2.75) is 19.8 Å². The Morgan fingerprint density at radius 1 is 1.00 bits per heavy atom. The third-order valence-corrected chi connectivity index (χ3v) is 5.43. The Kier molecular flexibility index (Phi) is 6.09. The first kappa shape index (κ1) is 18.6. The molecule has 0 bridgehead atoms. The number of likely N-dealkylation sites (tertiary alicyclic amines) is 1. The average molecular weight is 355 g/mol. The van der Waals surface area contributed by atoms with Crippen LogP contribution in [0.3, 0.4) is 0 Å². The molecular formula is C21H29N3O2. The molecule has 1 aromatic rings. The standard InChI is InChI=1S/C21H29N3O2/c1-17-4-3-5-18(16-17)6-7-20(25)23-10-8-19(9-11-23)21(26)24-14-12-22(2)13-15-24/h3-7,16,19H,8-15H2,1-2H3/b7-6+. The fraction of sp³-hybridized carbons (Fsp3) is 0.524. The summed E-state index contributed by atoms with van der Waals surface area (Å²) < 4.78 is 0. The number of carbonyl (C=O) groups is 2. The van der Waals surface area contributed by atoms with E-state index in [1.807, 2.05) is 41.0 Å². The van der Waals surface area contributed by atoms with Crippen molar-refractivity contribution >= 4 is 17.9 Å². The number of hydrogen-bond acceptors (Lipinski definition) is 3. The fourth-order valence-corrected chi connectivity index (χ4v) is 3.68. The van der Waals surface area contributed by atoms with Crippen molar-refractivity contribution in [2.75, 3.05) is 46.3 Å². The van der Waals surface area contributed by atoms with E-state index in [4.69, 9.17) is 0 Å². The molecule has 0 unspecified atom stereocenters. The summed E-state index contributed by atoms with van der Waals surface area (Å²) in [5, 5.41) is 0. The van der Waals surface area contributed by atoms with Gasteiger partial charge in [0.05, 0.1) is 0 Å². The Morgan fingerprint density at radius 3 is 2.35 bits per heavy atom. The molecule has 3 rings (SSSR count). The minimum absolute atomic E-state index is 0.0389. The van der Waals surface area contributed by atoms with Gasteiger partial charge in [0.1, 0.15) is 0 Å². The Bertz CT molecular complexity index is 670. The van der Waals surface area contributed by atoms with Crippen LogP contribution in [0.25, 0.3) is 6.08 Å². The fourth-order valence-electron chi connectivity index (χ4n) is 3.68. The van der Waals surface area contributed by atoms with Crippen molar-refractivity contribution in [1.29, 1.82) is 0 Å². The van der Waals surface area contributed by atoms with E-state index in [9.17, 15) is 9.59 Å². The lowest BCUT2D eigenvalue weighted by molar-refractivity contribution is -0.140. The summed E-state index contributed by atoms with van der Waals surface area (Å²) >= 11 is 0. The van der Waals surface area contributed by atoms with Crippen molar-refractivity contribution < 1.29 is 9.59 Å². The Labute approximate surface area is 156 Å². The number of likely N-dealkylation sites (N-methyl/N-ethyl adjacent to an activating group) is 1. The van der Waals surface area contributed by atoms with E-state index in [2.05, 4.69) is 18.0 Å². The number of piperazine rings is 1. The van der Waals surface area contributed by atoms with Crippen LogP contribution in [0.15, 0.2) is 30.3 Å². The second-order valence-corrected chi connectivity index (χ2v) is 7.48. The zero-order chi connectivity index (χ0) is 18.5. The molecule has 2 aliphatic heterocycles. The van der Waals surface area contributed by atoms with E-state index in [1.54, 1.807) is 6.08 Å². The molecule has 2 amide bonds. The van der Waals surface area contributed by atoms with Gasteiger partial charge in [0.2, 0.25) is 11.8 Å². The number of rotatable bonds is 3. The maximum atomic E-state index is 12.7. The first-order valence-corrected chi connectivity index (χ1v) is 9.54. The molecule has 2 fully saturated rings. The van der Waals surface area contributed by atoms with Crippen LogP contribution in [0, 0.1) is 12.8 Å².